The van der Waals surface area contributed by atoms with E-state index in [4.69, 9.17) is 4.74 Å². The first-order valence-electron chi connectivity index (χ1n) is 8.95. The second-order valence-electron chi connectivity index (χ2n) is 6.77. The number of anilines is 2. The maximum atomic E-state index is 12.2. The molecule has 1 aromatic carbocycles. The van der Waals surface area contributed by atoms with Gasteiger partial charge in [0, 0.05) is 25.1 Å². The molecular formula is C19H26N2O3. The number of carbonyl (C=O) groups excluding carboxylic acids is 2. The van der Waals surface area contributed by atoms with Crippen molar-refractivity contribution < 1.29 is 14.3 Å². The molecule has 0 atom stereocenters. The summed E-state index contributed by atoms with van der Waals surface area (Å²) in [6.07, 6.45) is 8.10. The summed E-state index contributed by atoms with van der Waals surface area (Å²) in [6.45, 7) is 0.703. The van der Waals surface area contributed by atoms with Crippen molar-refractivity contribution >= 4 is 23.2 Å². The number of rotatable bonds is 6. The Morgan fingerprint density at radius 2 is 2.08 bits per heavy atom. The van der Waals surface area contributed by atoms with Gasteiger partial charge in [-0.2, -0.15) is 0 Å². The van der Waals surface area contributed by atoms with Gasteiger partial charge < -0.3 is 15.0 Å². The van der Waals surface area contributed by atoms with Crippen LogP contribution in [0.15, 0.2) is 18.2 Å². The molecule has 5 nitrogen and oxygen atoms in total. The first kappa shape index (κ1) is 16.8. The molecule has 2 aliphatic rings. The minimum absolute atomic E-state index is 0.0470. The van der Waals surface area contributed by atoms with E-state index in [1.807, 2.05) is 18.2 Å². The molecule has 1 aromatic rings. The summed E-state index contributed by atoms with van der Waals surface area (Å²) in [4.78, 5) is 25.9. The zero-order valence-electron chi connectivity index (χ0n) is 14.3. The molecule has 2 fully saturated rings. The first-order chi connectivity index (χ1) is 11.7. The van der Waals surface area contributed by atoms with Crippen LogP contribution in [0.3, 0.4) is 0 Å². The first-order valence-corrected chi connectivity index (χ1v) is 8.95. The van der Waals surface area contributed by atoms with Crippen LogP contribution in [0.5, 0.6) is 5.75 Å². The van der Waals surface area contributed by atoms with Crippen molar-refractivity contribution in [2.24, 2.45) is 5.92 Å². The van der Waals surface area contributed by atoms with Gasteiger partial charge in [0.05, 0.1) is 12.8 Å². The predicted molar refractivity (Wildman–Crippen MR) is 94.4 cm³/mol. The molecule has 24 heavy (non-hydrogen) atoms. The monoisotopic (exact) mass is 330 g/mol. The quantitative estimate of drug-likeness (QED) is 0.864. The Labute approximate surface area is 143 Å². The van der Waals surface area contributed by atoms with Crippen LogP contribution in [0.25, 0.3) is 0 Å². The van der Waals surface area contributed by atoms with E-state index < -0.39 is 0 Å². The lowest BCUT2D eigenvalue weighted by Gasteiger charge is -2.20. The summed E-state index contributed by atoms with van der Waals surface area (Å²) in [5.41, 5.74) is 1.47. The minimum atomic E-state index is 0.0470. The Bertz CT molecular complexity index is 609. The van der Waals surface area contributed by atoms with Gasteiger partial charge in [-0.05, 0) is 37.0 Å². The molecule has 0 unspecified atom stereocenters. The highest BCUT2D eigenvalue weighted by atomic mass is 16.5. The number of benzene rings is 1. The molecule has 0 spiro atoms. The van der Waals surface area contributed by atoms with Crippen molar-refractivity contribution in [1.82, 2.24) is 0 Å². The number of nitrogens with zero attached hydrogens (tertiary/aromatic N) is 1. The Morgan fingerprint density at radius 3 is 2.75 bits per heavy atom. The van der Waals surface area contributed by atoms with Crippen LogP contribution in [0.2, 0.25) is 0 Å². The molecule has 0 bridgehead atoms. The lowest BCUT2D eigenvalue weighted by molar-refractivity contribution is -0.117. The molecular weight excluding hydrogens is 304 g/mol. The maximum absolute atomic E-state index is 12.2. The third-order valence-electron chi connectivity index (χ3n) is 5.08. The Hall–Kier alpha value is -2.04. The smallest absolute Gasteiger partial charge is 0.227 e. The molecule has 1 aliphatic heterocycles. The molecule has 3 rings (SSSR count). The van der Waals surface area contributed by atoms with E-state index in [0.717, 1.165) is 24.2 Å². The summed E-state index contributed by atoms with van der Waals surface area (Å²) in [6, 6.07) is 5.49. The Morgan fingerprint density at radius 1 is 1.29 bits per heavy atom. The third-order valence-corrected chi connectivity index (χ3v) is 5.08. The molecule has 2 amide bonds. The van der Waals surface area contributed by atoms with Crippen molar-refractivity contribution in [2.75, 3.05) is 23.9 Å². The topological polar surface area (TPSA) is 58.6 Å². The van der Waals surface area contributed by atoms with Crippen LogP contribution in [0.4, 0.5) is 11.4 Å². The molecule has 1 N–H and O–H groups in total. The molecule has 1 saturated carbocycles. The Balaban J connectivity index is 1.64. The largest absolute Gasteiger partial charge is 0.495 e. The van der Waals surface area contributed by atoms with E-state index >= 15 is 0 Å². The predicted octanol–water partition coefficient (Wildman–Crippen LogP) is 3.73. The zero-order chi connectivity index (χ0) is 16.9. The van der Waals surface area contributed by atoms with Crippen LogP contribution in [-0.2, 0) is 9.59 Å². The molecule has 0 aromatic heterocycles. The summed E-state index contributed by atoms with van der Waals surface area (Å²) < 4.78 is 5.37. The number of hydrogen-bond acceptors (Lipinski definition) is 3. The van der Waals surface area contributed by atoms with Gasteiger partial charge in [0.2, 0.25) is 11.8 Å². The van der Waals surface area contributed by atoms with E-state index in [2.05, 4.69) is 5.32 Å². The molecule has 130 valence electrons. The number of methoxy groups -OCH3 is 1. The SMILES string of the molecule is COc1ccc(NC(=O)CCC2CCCC2)cc1N1CCCC1=O. The molecule has 5 heteroatoms. The fraction of sp³-hybridized carbons (Fsp3) is 0.579. The van der Waals surface area contributed by atoms with Gasteiger partial charge >= 0.3 is 0 Å². The number of carbonyl (C=O) groups is 2. The van der Waals surface area contributed by atoms with Gasteiger partial charge in [0.25, 0.3) is 0 Å². The summed E-state index contributed by atoms with van der Waals surface area (Å²) in [5.74, 6) is 1.53. The normalized spacial score (nSPS) is 18.2. The fourth-order valence-corrected chi connectivity index (χ4v) is 3.74. The highest BCUT2D eigenvalue weighted by Gasteiger charge is 2.25. The van der Waals surface area contributed by atoms with Crippen LogP contribution in [-0.4, -0.2) is 25.5 Å². The van der Waals surface area contributed by atoms with Gasteiger partial charge in [0.1, 0.15) is 5.75 Å². The molecule has 1 heterocycles. The number of nitrogens with one attached hydrogen (secondary N) is 1. The van der Waals surface area contributed by atoms with Crippen molar-refractivity contribution in [2.45, 2.75) is 51.4 Å². The van der Waals surface area contributed by atoms with Gasteiger partial charge in [-0.1, -0.05) is 25.7 Å². The van der Waals surface area contributed by atoms with Gasteiger partial charge in [-0.15, -0.1) is 0 Å². The standard InChI is InChI=1S/C19H26N2O3/c1-24-17-10-9-15(13-16(17)21-12-4-7-19(21)23)20-18(22)11-8-14-5-2-3-6-14/h9-10,13-14H,2-8,11-12H2,1H3,(H,20,22). The molecule has 0 radical (unpaired) electrons. The second kappa shape index (κ2) is 7.69. The van der Waals surface area contributed by atoms with Gasteiger partial charge in [-0.3, -0.25) is 9.59 Å². The average Bonchev–Trinajstić information content (AvgIpc) is 3.24. The fourth-order valence-electron chi connectivity index (χ4n) is 3.74. The zero-order valence-corrected chi connectivity index (χ0v) is 14.3. The minimum Gasteiger partial charge on any atom is -0.495 e. The van der Waals surface area contributed by atoms with Crippen LogP contribution < -0.4 is 15.0 Å². The van der Waals surface area contributed by atoms with Gasteiger partial charge in [-0.25, -0.2) is 0 Å². The summed E-state index contributed by atoms with van der Waals surface area (Å²) in [5, 5.41) is 2.96. The van der Waals surface area contributed by atoms with E-state index in [0.29, 0.717) is 31.1 Å². The van der Waals surface area contributed by atoms with Crippen molar-refractivity contribution in [1.29, 1.82) is 0 Å². The third kappa shape index (κ3) is 3.89. The lowest BCUT2D eigenvalue weighted by Crippen LogP contribution is -2.24. The number of amides is 2. The average molecular weight is 330 g/mol. The number of ether oxygens (including phenoxy) is 1. The second-order valence-corrected chi connectivity index (χ2v) is 6.77. The Kier molecular flexibility index (Phi) is 5.38. The van der Waals surface area contributed by atoms with E-state index in [1.165, 1.54) is 25.7 Å². The van der Waals surface area contributed by atoms with Crippen molar-refractivity contribution in [3.05, 3.63) is 18.2 Å². The van der Waals surface area contributed by atoms with E-state index in [-0.39, 0.29) is 11.8 Å². The highest BCUT2D eigenvalue weighted by molar-refractivity contribution is 5.98. The van der Waals surface area contributed by atoms with E-state index in [9.17, 15) is 9.59 Å². The summed E-state index contributed by atoms with van der Waals surface area (Å²) >= 11 is 0. The number of hydrogen-bond donors (Lipinski definition) is 1. The van der Waals surface area contributed by atoms with Crippen molar-refractivity contribution in [3.8, 4) is 5.75 Å². The van der Waals surface area contributed by atoms with Crippen LogP contribution >= 0.6 is 0 Å². The summed E-state index contributed by atoms with van der Waals surface area (Å²) in [7, 11) is 1.60. The highest BCUT2D eigenvalue weighted by Crippen LogP contribution is 2.34. The molecule has 1 saturated heterocycles. The maximum Gasteiger partial charge on any atom is 0.227 e. The van der Waals surface area contributed by atoms with E-state index in [1.54, 1.807) is 12.0 Å². The van der Waals surface area contributed by atoms with Gasteiger partial charge in [0.15, 0.2) is 0 Å². The lowest BCUT2D eigenvalue weighted by atomic mass is 10.0. The molecule has 1 aliphatic carbocycles. The van der Waals surface area contributed by atoms with Crippen LogP contribution in [0, 0.1) is 5.92 Å². The van der Waals surface area contributed by atoms with Crippen molar-refractivity contribution in [3.63, 3.8) is 0 Å². The van der Waals surface area contributed by atoms with Crippen LogP contribution in [0.1, 0.15) is 51.4 Å².